The standard InChI is InChI=1S/C13H9N5OS2/c1-17-13(19)18-11(9-5-3-7-21-9)10(8-4-2-6-20-8)14-15-12(18)16-17/h2-7H,1H3. The molecule has 4 rings (SSSR count). The van der Waals surface area contributed by atoms with Gasteiger partial charge in [-0.1, -0.05) is 12.1 Å². The molecule has 4 heterocycles. The molecular formula is C13H9N5OS2. The first-order chi connectivity index (χ1) is 10.3. The minimum atomic E-state index is -0.221. The number of aryl methyl sites for hydroxylation is 1. The van der Waals surface area contributed by atoms with Gasteiger partial charge in [0.15, 0.2) is 0 Å². The molecule has 0 aromatic carbocycles. The summed E-state index contributed by atoms with van der Waals surface area (Å²) in [6.45, 7) is 0. The predicted octanol–water partition coefficient (Wildman–Crippen LogP) is 2.28. The zero-order valence-electron chi connectivity index (χ0n) is 10.9. The molecule has 4 aromatic rings. The smallest absolute Gasteiger partial charge is 0.246 e. The third-order valence-electron chi connectivity index (χ3n) is 3.10. The van der Waals surface area contributed by atoms with Crippen LogP contribution in [0.4, 0.5) is 0 Å². The van der Waals surface area contributed by atoms with Crippen LogP contribution >= 0.6 is 22.7 Å². The van der Waals surface area contributed by atoms with Crippen LogP contribution < -0.4 is 5.69 Å². The number of hydrogen-bond donors (Lipinski definition) is 0. The highest BCUT2D eigenvalue weighted by Gasteiger charge is 2.19. The van der Waals surface area contributed by atoms with Crippen molar-refractivity contribution in [2.45, 2.75) is 0 Å². The second kappa shape index (κ2) is 4.61. The molecule has 0 bridgehead atoms. The van der Waals surface area contributed by atoms with Crippen LogP contribution in [0.1, 0.15) is 0 Å². The lowest BCUT2D eigenvalue weighted by Gasteiger charge is -2.06. The van der Waals surface area contributed by atoms with E-state index in [1.807, 2.05) is 35.0 Å². The van der Waals surface area contributed by atoms with Gasteiger partial charge < -0.3 is 0 Å². The third-order valence-corrected chi connectivity index (χ3v) is 4.86. The SMILES string of the molecule is Cn1nc2nnc(-c3cccs3)c(-c3cccs3)n2c1=O. The van der Waals surface area contributed by atoms with Crippen LogP contribution in [0.3, 0.4) is 0 Å². The Hall–Kier alpha value is -2.32. The zero-order valence-corrected chi connectivity index (χ0v) is 12.6. The topological polar surface area (TPSA) is 65.1 Å². The number of aromatic nitrogens is 5. The van der Waals surface area contributed by atoms with Gasteiger partial charge in [-0.25, -0.2) is 13.9 Å². The van der Waals surface area contributed by atoms with Crippen molar-refractivity contribution in [3.8, 4) is 21.1 Å². The van der Waals surface area contributed by atoms with E-state index >= 15 is 0 Å². The summed E-state index contributed by atoms with van der Waals surface area (Å²) in [4.78, 5) is 14.3. The lowest BCUT2D eigenvalue weighted by molar-refractivity contribution is 0.732. The number of rotatable bonds is 2. The number of fused-ring (bicyclic) bond motifs is 1. The average Bonchev–Trinajstić information content (AvgIpc) is 3.21. The zero-order chi connectivity index (χ0) is 14.4. The van der Waals surface area contributed by atoms with Gasteiger partial charge in [-0.05, 0) is 22.9 Å². The van der Waals surface area contributed by atoms with Crippen LogP contribution in [-0.4, -0.2) is 24.4 Å². The highest BCUT2D eigenvalue weighted by molar-refractivity contribution is 7.14. The van der Waals surface area contributed by atoms with Gasteiger partial charge in [0.2, 0.25) is 0 Å². The molecule has 6 nitrogen and oxygen atoms in total. The Labute approximate surface area is 126 Å². The Morgan fingerprint density at radius 2 is 1.76 bits per heavy atom. The lowest BCUT2D eigenvalue weighted by Crippen LogP contribution is -2.19. The lowest BCUT2D eigenvalue weighted by atomic mass is 10.2. The molecule has 0 aliphatic heterocycles. The maximum Gasteiger partial charge on any atom is 0.351 e. The molecule has 0 saturated carbocycles. The molecule has 8 heteroatoms. The fourth-order valence-electron chi connectivity index (χ4n) is 2.18. The van der Waals surface area contributed by atoms with Gasteiger partial charge in [-0.15, -0.1) is 38.0 Å². The van der Waals surface area contributed by atoms with Crippen molar-refractivity contribution < 1.29 is 0 Å². The van der Waals surface area contributed by atoms with Gasteiger partial charge in [-0.2, -0.15) is 0 Å². The molecule has 0 radical (unpaired) electrons. The molecule has 0 N–H and O–H groups in total. The first-order valence-corrected chi connectivity index (χ1v) is 7.92. The molecule has 4 aromatic heterocycles. The summed E-state index contributed by atoms with van der Waals surface area (Å²) in [6.07, 6.45) is 0. The Balaban J connectivity index is 2.18. The molecule has 0 unspecified atom stereocenters. The quantitative estimate of drug-likeness (QED) is 0.569. The van der Waals surface area contributed by atoms with Gasteiger partial charge in [0, 0.05) is 7.05 Å². The van der Waals surface area contributed by atoms with E-state index in [4.69, 9.17) is 0 Å². The van der Waals surface area contributed by atoms with E-state index in [1.165, 1.54) is 9.08 Å². The van der Waals surface area contributed by atoms with E-state index in [0.717, 1.165) is 15.4 Å². The van der Waals surface area contributed by atoms with Gasteiger partial charge in [0.05, 0.1) is 9.75 Å². The Kier molecular flexibility index (Phi) is 2.72. The van der Waals surface area contributed by atoms with Crippen LogP contribution in [0.25, 0.3) is 26.9 Å². The van der Waals surface area contributed by atoms with Crippen molar-refractivity contribution in [2.24, 2.45) is 7.05 Å². The van der Waals surface area contributed by atoms with Crippen molar-refractivity contribution in [1.82, 2.24) is 24.4 Å². The van der Waals surface area contributed by atoms with Crippen molar-refractivity contribution in [3.63, 3.8) is 0 Å². The fraction of sp³-hybridized carbons (Fsp3) is 0.0769. The van der Waals surface area contributed by atoms with Crippen LogP contribution in [-0.2, 0) is 7.05 Å². The van der Waals surface area contributed by atoms with Crippen molar-refractivity contribution in [2.75, 3.05) is 0 Å². The van der Waals surface area contributed by atoms with E-state index in [9.17, 15) is 4.79 Å². The fourth-order valence-corrected chi connectivity index (χ4v) is 3.65. The Bertz CT molecular complexity index is 966. The summed E-state index contributed by atoms with van der Waals surface area (Å²) < 4.78 is 2.80. The molecular weight excluding hydrogens is 306 g/mol. The number of thiophene rings is 2. The van der Waals surface area contributed by atoms with E-state index in [-0.39, 0.29) is 5.69 Å². The van der Waals surface area contributed by atoms with Gasteiger partial charge in [0.1, 0.15) is 11.4 Å². The van der Waals surface area contributed by atoms with Crippen molar-refractivity contribution in [1.29, 1.82) is 0 Å². The van der Waals surface area contributed by atoms with E-state index in [2.05, 4.69) is 15.3 Å². The molecule has 0 atom stereocenters. The highest BCUT2D eigenvalue weighted by atomic mass is 32.1. The first kappa shape index (κ1) is 12.4. The summed E-state index contributed by atoms with van der Waals surface area (Å²) in [7, 11) is 1.61. The summed E-state index contributed by atoms with van der Waals surface area (Å²) in [5, 5.41) is 16.4. The minimum Gasteiger partial charge on any atom is -0.246 e. The number of nitrogens with zero attached hydrogens (tertiary/aromatic N) is 5. The highest BCUT2D eigenvalue weighted by Crippen LogP contribution is 2.34. The normalized spacial score (nSPS) is 11.3. The van der Waals surface area contributed by atoms with Crippen LogP contribution in [0.2, 0.25) is 0 Å². The van der Waals surface area contributed by atoms with Gasteiger partial charge in [0.25, 0.3) is 5.78 Å². The van der Waals surface area contributed by atoms with Crippen molar-refractivity contribution in [3.05, 3.63) is 45.5 Å². The summed E-state index contributed by atoms with van der Waals surface area (Å²) in [5.74, 6) is 0.311. The van der Waals surface area contributed by atoms with Crippen molar-refractivity contribution >= 4 is 28.5 Å². The van der Waals surface area contributed by atoms with E-state index in [1.54, 1.807) is 29.7 Å². The molecule has 0 spiro atoms. The predicted molar refractivity (Wildman–Crippen MR) is 82.6 cm³/mol. The largest absolute Gasteiger partial charge is 0.351 e. The van der Waals surface area contributed by atoms with Gasteiger partial charge in [-0.3, -0.25) is 0 Å². The third kappa shape index (κ3) is 1.83. The minimum absolute atomic E-state index is 0.221. The second-order valence-corrected chi connectivity index (χ2v) is 6.29. The monoisotopic (exact) mass is 315 g/mol. The second-order valence-electron chi connectivity index (χ2n) is 4.39. The molecule has 0 fully saturated rings. The molecule has 0 aliphatic rings. The maximum atomic E-state index is 12.4. The molecule has 0 saturated heterocycles. The number of hydrogen-bond acceptors (Lipinski definition) is 6. The van der Waals surface area contributed by atoms with Crippen LogP contribution in [0, 0.1) is 0 Å². The summed E-state index contributed by atoms with van der Waals surface area (Å²) in [6, 6.07) is 7.85. The maximum absolute atomic E-state index is 12.4. The van der Waals surface area contributed by atoms with Crippen LogP contribution in [0.15, 0.2) is 39.8 Å². The Morgan fingerprint density at radius 3 is 2.43 bits per heavy atom. The Morgan fingerprint density at radius 1 is 1.05 bits per heavy atom. The summed E-state index contributed by atoms with van der Waals surface area (Å²) >= 11 is 3.13. The molecule has 0 aliphatic carbocycles. The molecule has 21 heavy (non-hydrogen) atoms. The first-order valence-electron chi connectivity index (χ1n) is 6.16. The molecule has 104 valence electrons. The average molecular weight is 315 g/mol. The van der Waals surface area contributed by atoms with E-state index in [0.29, 0.717) is 11.5 Å². The van der Waals surface area contributed by atoms with Gasteiger partial charge >= 0.3 is 5.69 Å². The van der Waals surface area contributed by atoms with Crippen LogP contribution in [0.5, 0.6) is 0 Å². The molecule has 0 amide bonds. The summed E-state index contributed by atoms with van der Waals surface area (Å²) in [5.41, 5.74) is 1.23. The van der Waals surface area contributed by atoms with E-state index < -0.39 is 0 Å².